The summed E-state index contributed by atoms with van der Waals surface area (Å²) in [5.74, 6) is -8.08. The Morgan fingerprint density at radius 2 is 1.64 bits per heavy atom. The van der Waals surface area contributed by atoms with Crippen molar-refractivity contribution in [3.05, 3.63) is 0 Å². The SMILES string of the molecule is CCOCC(F)(F)C(C)(F)F. The lowest BCUT2D eigenvalue weighted by Crippen LogP contribution is -2.41. The van der Waals surface area contributed by atoms with Crippen molar-refractivity contribution < 1.29 is 22.3 Å². The van der Waals surface area contributed by atoms with E-state index in [0.29, 0.717) is 0 Å². The molecular formula is C6H10F4O. The summed E-state index contributed by atoms with van der Waals surface area (Å²) in [5, 5.41) is 0. The van der Waals surface area contributed by atoms with Crippen LogP contribution in [-0.2, 0) is 4.74 Å². The Balaban J connectivity index is 4.00. The van der Waals surface area contributed by atoms with E-state index in [1.807, 2.05) is 0 Å². The van der Waals surface area contributed by atoms with Crippen molar-refractivity contribution in [2.24, 2.45) is 0 Å². The second-order valence-corrected chi connectivity index (χ2v) is 2.23. The molecule has 0 aliphatic carbocycles. The van der Waals surface area contributed by atoms with E-state index in [2.05, 4.69) is 4.74 Å². The summed E-state index contributed by atoms with van der Waals surface area (Å²) in [4.78, 5) is 0. The lowest BCUT2D eigenvalue weighted by atomic mass is 10.2. The van der Waals surface area contributed by atoms with Gasteiger partial charge in [-0.05, 0) is 6.92 Å². The second-order valence-electron chi connectivity index (χ2n) is 2.23. The van der Waals surface area contributed by atoms with Gasteiger partial charge in [0, 0.05) is 13.5 Å². The molecule has 0 aliphatic heterocycles. The van der Waals surface area contributed by atoms with Crippen LogP contribution in [-0.4, -0.2) is 25.1 Å². The lowest BCUT2D eigenvalue weighted by Gasteiger charge is -2.22. The summed E-state index contributed by atoms with van der Waals surface area (Å²) in [7, 11) is 0. The van der Waals surface area contributed by atoms with Gasteiger partial charge in [0.05, 0.1) is 0 Å². The third-order valence-electron chi connectivity index (χ3n) is 1.13. The molecule has 0 saturated carbocycles. The predicted molar refractivity (Wildman–Crippen MR) is 32.1 cm³/mol. The van der Waals surface area contributed by atoms with Crippen LogP contribution in [0.1, 0.15) is 13.8 Å². The van der Waals surface area contributed by atoms with Crippen LogP contribution in [0, 0.1) is 0 Å². The molecule has 0 spiro atoms. The van der Waals surface area contributed by atoms with Crippen molar-refractivity contribution >= 4 is 0 Å². The average molecular weight is 174 g/mol. The zero-order chi connectivity index (χ0) is 9.12. The first-order valence-electron chi connectivity index (χ1n) is 3.14. The van der Waals surface area contributed by atoms with Gasteiger partial charge in [-0.25, -0.2) is 8.78 Å². The van der Waals surface area contributed by atoms with Gasteiger partial charge in [-0.2, -0.15) is 8.78 Å². The van der Waals surface area contributed by atoms with E-state index in [1.165, 1.54) is 6.92 Å². The molecule has 0 fully saturated rings. The summed E-state index contributed by atoms with van der Waals surface area (Å²) >= 11 is 0. The van der Waals surface area contributed by atoms with Crippen molar-refractivity contribution in [2.45, 2.75) is 25.7 Å². The van der Waals surface area contributed by atoms with E-state index in [0.717, 1.165) is 0 Å². The molecule has 0 N–H and O–H groups in total. The maximum Gasteiger partial charge on any atom is 0.332 e. The van der Waals surface area contributed by atoms with Crippen LogP contribution in [0.15, 0.2) is 0 Å². The topological polar surface area (TPSA) is 9.23 Å². The van der Waals surface area contributed by atoms with Crippen LogP contribution < -0.4 is 0 Å². The van der Waals surface area contributed by atoms with Crippen molar-refractivity contribution in [2.75, 3.05) is 13.2 Å². The number of halogens is 4. The van der Waals surface area contributed by atoms with E-state index in [4.69, 9.17) is 0 Å². The van der Waals surface area contributed by atoms with Crippen LogP contribution >= 0.6 is 0 Å². The number of alkyl halides is 4. The Hall–Kier alpha value is -0.320. The Bertz CT molecular complexity index is 118. The van der Waals surface area contributed by atoms with E-state index in [1.54, 1.807) is 0 Å². The lowest BCUT2D eigenvalue weighted by molar-refractivity contribution is -0.222. The monoisotopic (exact) mass is 174 g/mol. The van der Waals surface area contributed by atoms with Crippen LogP contribution in [0.2, 0.25) is 0 Å². The molecule has 0 atom stereocenters. The molecule has 0 heterocycles. The van der Waals surface area contributed by atoms with Crippen molar-refractivity contribution in [1.82, 2.24) is 0 Å². The molecule has 5 heteroatoms. The first kappa shape index (κ1) is 10.7. The summed E-state index contributed by atoms with van der Waals surface area (Å²) in [6.45, 7) is 0.411. The molecule has 0 radical (unpaired) electrons. The minimum absolute atomic E-state index is 0.00562. The van der Waals surface area contributed by atoms with Crippen molar-refractivity contribution in [3.63, 3.8) is 0 Å². The quantitative estimate of drug-likeness (QED) is 0.594. The van der Waals surface area contributed by atoms with E-state index in [-0.39, 0.29) is 13.5 Å². The van der Waals surface area contributed by atoms with Crippen molar-refractivity contribution in [3.8, 4) is 0 Å². The van der Waals surface area contributed by atoms with Crippen LogP contribution in [0.4, 0.5) is 17.6 Å². The molecule has 0 aliphatic rings. The third-order valence-corrected chi connectivity index (χ3v) is 1.13. The zero-order valence-electron chi connectivity index (χ0n) is 6.33. The zero-order valence-corrected chi connectivity index (χ0v) is 6.33. The molecule has 0 amide bonds. The molecule has 0 saturated heterocycles. The molecule has 0 aromatic carbocycles. The Kier molecular flexibility index (Phi) is 3.29. The number of rotatable bonds is 4. The highest BCUT2D eigenvalue weighted by atomic mass is 19.3. The maximum atomic E-state index is 12.2. The summed E-state index contributed by atoms with van der Waals surface area (Å²) in [6, 6.07) is 0. The maximum absolute atomic E-state index is 12.2. The fraction of sp³-hybridized carbons (Fsp3) is 1.00. The summed E-state index contributed by atoms with van der Waals surface area (Å²) in [6.07, 6.45) is 0. The molecule has 68 valence electrons. The minimum atomic E-state index is -4.07. The van der Waals surface area contributed by atoms with Gasteiger partial charge in [0.2, 0.25) is 0 Å². The molecule has 11 heavy (non-hydrogen) atoms. The van der Waals surface area contributed by atoms with Gasteiger partial charge < -0.3 is 4.74 Å². The fourth-order valence-electron chi connectivity index (χ4n) is 0.357. The first-order valence-corrected chi connectivity index (χ1v) is 3.14. The second kappa shape index (κ2) is 3.38. The largest absolute Gasteiger partial charge is 0.375 e. The molecule has 0 aromatic rings. The smallest absolute Gasteiger partial charge is 0.332 e. The van der Waals surface area contributed by atoms with Crippen LogP contribution in [0.5, 0.6) is 0 Å². The summed E-state index contributed by atoms with van der Waals surface area (Å²) < 4.78 is 52.7. The highest BCUT2D eigenvalue weighted by Gasteiger charge is 2.52. The molecule has 0 unspecified atom stereocenters. The van der Waals surface area contributed by atoms with E-state index < -0.39 is 18.5 Å². The highest BCUT2D eigenvalue weighted by molar-refractivity contribution is 4.79. The normalized spacial score (nSPS) is 13.6. The van der Waals surface area contributed by atoms with Crippen LogP contribution in [0.3, 0.4) is 0 Å². The van der Waals surface area contributed by atoms with E-state index >= 15 is 0 Å². The number of hydrogen-bond acceptors (Lipinski definition) is 1. The molecule has 0 bridgehead atoms. The molecule has 0 aromatic heterocycles. The highest BCUT2D eigenvalue weighted by Crippen LogP contribution is 2.33. The number of hydrogen-bond donors (Lipinski definition) is 0. The molecular weight excluding hydrogens is 164 g/mol. The number of ether oxygens (including phenoxy) is 1. The summed E-state index contributed by atoms with van der Waals surface area (Å²) in [5.41, 5.74) is 0. The van der Waals surface area contributed by atoms with Gasteiger partial charge >= 0.3 is 11.8 Å². The third kappa shape index (κ3) is 3.05. The Morgan fingerprint density at radius 1 is 1.18 bits per heavy atom. The Morgan fingerprint density at radius 3 is 1.91 bits per heavy atom. The van der Waals surface area contributed by atoms with Gasteiger partial charge in [0.15, 0.2) is 0 Å². The van der Waals surface area contributed by atoms with Gasteiger partial charge in [-0.15, -0.1) is 0 Å². The van der Waals surface area contributed by atoms with Gasteiger partial charge in [-0.3, -0.25) is 0 Å². The molecule has 0 rings (SSSR count). The molecule has 1 nitrogen and oxygen atoms in total. The predicted octanol–water partition coefficient (Wildman–Crippen LogP) is 2.31. The van der Waals surface area contributed by atoms with Crippen molar-refractivity contribution in [1.29, 1.82) is 0 Å². The van der Waals surface area contributed by atoms with Gasteiger partial charge in [-0.1, -0.05) is 0 Å². The minimum Gasteiger partial charge on any atom is -0.375 e. The van der Waals surface area contributed by atoms with Gasteiger partial charge in [0.1, 0.15) is 6.61 Å². The van der Waals surface area contributed by atoms with E-state index in [9.17, 15) is 17.6 Å². The first-order chi connectivity index (χ1) is 4.81. The van der Waals surface area contributed by atoms with Gasteiger partial charge in [0.25, 0.3) is 0 Å². The standard InChI is InChI=1S/C6H10F4O/c1-3-11-4-6(9,10)5(2,7)8/h3-4H2,1-2H3. The van der Waals surface area contributed by atoms with Crippen LogP contribution in [0.25, 0.3) is 0 Å². The Labute approximate surface area is 62.3 Å². The fourth-order valence-corrected chi connectivity index (χ4v) is 0.357. The average Bonchev–Trinajstić information content (AvgIpc) is 1.81.